The zero-order valence-corrected chi connectivity index (χ0v) is 8.35. The average Bonchev–Trinajstić information content (AvgIpc) is 2.29. The molecule has 17 heavy (non-hydrogen) atoms. The molecule has 7 heteroatoms. The molecule has 4 nitrogen and oxygen atoms in total. The molecule has 88 valence electrons. The van der Waals surface area contributed by atoms with E-state index in [1.807, 2.05) is 0 Å². The second kappa shape index (κ2) is 4.36. The summed E-state index contributed by atoms with van der Waals surface area (Å²) in [5.74, 6) is -0.0975. The van der Waals surface area contributed by atoms with Gasteiger partial charge in [0.25, 0.3) is 0 Å². The van der Waals surface area contributed by atoms with Crippen molar-refractivity contribution < 1.29 is 17.9 Å². The van der Waals surface area contributed by atoms with E-state index in [0.717, 1.165) is 6.07 Å². The third-order valence-corrected chi connectivity index (χ3v) is 1.77. The Morgan fingerprint density at radius 1 is 1.00 bits per heavy atom. The molecule has 0 spiro atoms. The Bertz CT molecular complexity index is 502. The van der Waals surface area contributed by atoms with E-state index in [4.69, 9.17) is 4.74 Å². The molecule has 2 rings (SSSR count). The van der Waals surface area contributed by atoms with Gasteiger partial charge in [0, 0.05) is 18.3 Å². The van der Waals surface area contributed by atoms with Gasteiger partial charge in [-0.2, -0.15) is 18.3 Å². The number of nitrogens with zero attached hydrogens (tertiary/aromatic N) is 3. The van der Waals surface area contributed by atoms with E-state index in [9.17, 15) is 13.2 Å². The van der Waals surface area contributed by atoms with E-state index < -0.39 is 11.9 Å². The standard InChI is InChI=1S/C10H6F3N3O/c11-10(12,13)7-3-1-4-8(15-7)17-9-5-2-6-14-16-9/h1-6H. The highest BCUT2D eigenvalue weighted by Crippen LogP contribution is 2.29. The van der Waals surface area contributed by atoms with Crippen LogP contribution in [0.25, 0.3) is 0 Å². The fourth-order valence-corrected chi connectivity index (χ4v) is 1.08. The zero-order chi connectivity index (χ0) is 12.3. The summed E-state index contributed by atoms with van der Waals surface area (Å²) in [7, 11) is 0. The highest BCUT2D eigenvalue weighted by Gasteiger charge is 2.32. The zero-order valence-electron chi connectivity index (χ0n) is 8.35. The predicted octanol–water partition coefficient (Wildman–Crippen LogP) is 2.68. The van der Waals surface area contributed by atoms with Crippen LogP contribution >= 0.6 is 0 Å². The van der Waals surface area contributed by atoms with Gasteiger partial charge in [0.2, 0.25) is 11.8 Å². The molecular weight excluding hydrogens is 235 g/mol. The molecular formula is C10H6F3N3O. The fraction of sp³-hybridized carbons (Fsp3) is 0.100. The van der Waals surface area contributed by atoms with Crippen LogP contribution < -0.4 is 4.74 Å². The van der Waals surface area contributed by atoms with Gasteiger partial charge in [0.15, 0.2) is 0 Å². The van der Waals surface area contributed by atoms with Crippen LogP contribution in [-0.4, -0.2) is 15.2 Å². The first-order valence-corrected chi connectivity index (χ1v) is 4.55. The molecule has 0 amide bonds. The molecule has 2 aromatic heterocycles. The molecule has 0 atom stereocenters. The van der Waals surface area contributed by atoms with E-state index >= 15 is 0 Å². The van der Waals surface area contributed by atoms with Crippen LogP contribution in [0, 0.1) is 0 Å². The van der Waals surface area contributed by atoms with E-state index in [0.29, 0.717) is 0 Å². The maximum absolute atomic E-state index is 12.4. The van der Waals surface area contributed by atoms with E-state index in [1.54, 1.807) is 6.07 Å². The fourth-order valence-electron chi connectivity index (χ4n) is 1.08. The number of aromatic nitrogens is 3. The highest BCUT2D eigenvalue weighted by molar-refractivity contribution is 5.21. The molecule has 0 N–H and O–H groups in total. The Hall–Kier alpha value is -2.18. The first-order chi connectivity index (χ1) is 8.05. The lowest BCUT2D eigenvalue weighted by Crippen LogP contribution is -2.08. The van der Waals surface area contributed by atoms with Crippen molar-refractivity contribution in [2.24, 2.45) is 0 Å². The maximum atomic E-state index is 12.4. The lowest BCUT2D eigenvalue weighted by Gasteiger charge is -2.07. The van der Waals surface area contributed by atoms with E-state index in [-0.39, 0.29) is 11.8 Å². The Morgan fingerprint density at radius 2 is 1.76 bits per heavy atom. The Kier molecular flexibility index (Phi) is 2.90. The summed E-state index contributed by atoms with van der Waals surface area (Å²) in [6.07, 6.45) is -3.08. The van der Waals surface area contributed by atoms with Gasteiger partial charge in [-0.1, -0.05) is 6.07 Å². The third kappa shape index (κ3) is 2.90. The number of halogens is 3. The average molecular weight is 241 g/mol. The number of alkyl halides is 3. The van der Waals surface area contributed by atoms with E-state index in [1.165, 1.54) is 24.4 Å². The highest BCUT2D eigenvalue weighted by atomic mass is 19.4. The van der Waals surface area contributed by atoms with Gasteiger partial charge in [-0.3, -0.25) is 0 Å². The van der Waals surface area contributed by atoms with Crippen molar-refractivity contribution >= 4 is 0 Å². The minimum absolute atomic E-state index is 0.0827. The maximum Gasteiger partial charge on any atom is 0.433 e. The lowest BCUT2D eigenvalue weighted by atomic mass is 10.3. The molecule has 0 aliphatic rings. The quantitative estimate of drug-likeness (QED) is 0.811. The number of hydrogen-bond acceptors (Lipinski definition) is 4. The Labute approximate surface area is 94.1 Å². The number of rotatable bonds is 2. The molecule has 0 radical (unpaired) electrons. The van der Waals surface area contributed by atoms with E-state index in [2.05, 4.69) is 15.2 Å². The van der Waals surface area contributed by atoms with Crippen LogP contribution in [0.5, 0.6) is 11.8 Å². The van der Waals surface area contributed by atoms with Gasteiger partial charge in [0.05, 0.1) is 0 Å². The number of pyridine rings is 1. The first kappa shape index (κ1) is 11.3. The normalized spacial score (nSPS) is 11.2. The third-order valence-electron chi connectivity index (χ3n) is 1.77. The lowest BCUT2D eigenvalue weighted by molar-refractivity contribution is -0.141. The molecule has 2 aromatic rings. The van der Waals surface area contributed by atoms with Crippen LogP contribution in [0.2, 0.25) is 0 Å². The summed E-state index contributed by atoms with van der Waals surface area (Å²) < 4.78 is 42.1. The summed E-state index contributed by atoms with van der Waals surface area (Å²) >= 11 is 0. The second-order valence-corrected chi connectivity index (χ2v) is 3.02. The van der Waals surface area contributed by atoms with Crippen LogP contribution in [0.4, 0.5) is 13.2 Å². The van der Waals surface area contributed by atoms with Crippen molar-refractivity contribution in [1.29, 1.82) is 0 Å². The summed E-state index contributed by atoms with van der Waals surface area (Å²) in [5, 5.41) is 7.10. The van der Waals surface area contributed by atoms with Crippen LogP contribution in [0.3, 0.4) is 0 Å². The first-order valence-electron chi connectivity index (χ1n) is 4.55. The van der Waals surface area contributed by atoms with Crippen LogP contribution in [0.1, 0.15) is 5.69 Å². The van der Waals surface area contributed by atoms with Gasteiger partial charge in [0.1, 0.15) is 5.69 Å². The minimum Gasteiger partial charge on any atom is -0.419 e. The molecule has 0 aliphatic carbocycles. The molecule has 0 saturated carbocycles. The minimum atomic E-state index is -4.50. The summed E-state index contributed by atoms with van der Waals surface area (Å²) in [6.45, 7) is 0. The Balaban J connectivity index is 2.23. The SMILES string of the molecule is FC(F)(F)c1cccc(Oc2cccnn2)n1. The number of hydrogen-bond donors (Lipinski definition) is 0. The second-order valence-electron chi connectivity index (χ2n) is 3.02. The smallest absolute Gasteiger partial charge is 0.419 e. The monoisotopic (exact) mass is 241 g/mol. The van der Waals surface area contributed by atoms with Gasteiger partial charge < -0.3 is 4.74 Å². The van der Waals surface area contributed by atoms with Crippen molar-refractivity contribution in [2.45, 2.75) is 6.18 Å². The summed E-state index contributed by atoms with van der Waals surface area (Å²) in [5.41, 5.74) is -1.01. The largest absolute Gasteiger partial charge is 0.433 e. The van der Waals surface area contributed by atoms with Gasteiger partial charge >= 0.3 is 6.18 Å². The molecule has 0 aromatic carbocycles. The van der Waals surface area contributed by atoms with Gasteiger partial charge in [-0.05, 0) is 12.1 Å². The van der Waals surface area contributed by atoms with Crippen LogP contribution in [0.15, 0.2) is 36.5 Å². The number of ether oxygens (including phenoxy) is 1. The summed E-state index contributed by atoms with van der Waals surface area (Å²) in [4.78, 5) is 3.32. The molecule has 0 saturated heterocycles. The summed E-state index contributed by atoms with van der Waals surface area (Å²) in [6, 6.07) is 6.40. The molecule has 2 heterocycles. The molecule has 0 unspecified atom stereocenters. The van der Waals surface area contributed by atoms with Gasteiger partial charge in [-0.25, -0.2) is 4.98 Å². The topological polar surface area (TPSA) is 47.9 Å². The van der Waals surface area contributed by atoms with Crippen molar-refractivity contribution in [3.05, 3.63) is 42.2 Å². The van der Waals surface area contributed by atoms with Crippen LogP contribution in [-0.2, 0) is 6.18 Å². The molecule has 0 aliphatic heterocycles. The van der Waals surface area contributed by atoms with Crippen molar-refractivity contribution in [3.63, 3.8) is 0 Å². The molecule has 0 bridgehead atoms. The van der Waals surface area contributed by atoms with Crippen molar-refractivity contribution in [3.8, 4) is 11.8 Å². The van der Waals surface area contributed by atoms with Gasteiger partial charge in [-0.15, -0.1) is 5.10 Å². The molecule has 0 fully saturated rings. The predicted molar refractivity (Wildman–Crippen MR) is 51.3 cm³/mol. The Morgan fingerprint density at radius 3 is 2.41 bits per heavy atom. The van der Waals surface area contributed by atoms with Crippen molar-refractivity contribution in [2.75, 3.05) is 0 Å². The van der Waals surface area contributed by atoms with Crippen molar-refractivity contribution in [1.82, 2.24) is 15.2 Å².